The highest BCUT2D eigenvalue weighted by Crippen LogP contribution is 2.31. The molecule has 25 heavy (non-hydrogen) atoms. The maximum Gasteiger partial charge on any atom is 0.240 e. The summed E-state index contributed by atoms with van der Waals surface area (Å²) in [7, 11) is 2.09. The van der Waals surface area contributed by atoms with Crippen LogP contribution in [0, 0.1) is 0 Å². The minimum absolute atomic E-state index is 0.202. The average molecular weight is 368 g/mol. The van der Waals surface area contributed by atoms with Crippen LogP contribution >= 0.6 is 11.6 Å². The SMILES string of the molecule is CCCCc1nc(Cl)c(CN2CCC3(CC2)C(=O)NCCCN3C)[nH]1. The number of nitrogens with one attached hydrogen (secondary N) is 2. The van der Waals surface area contributed by atoms with E-state index in [2.05, 4.69) is 39.1 Å². The number of H-pyrrole nitrogens is 1. The van der Waals surface area contributed by atoms with Gasteiger partial charge < -0.3 is 10.3 Å². The van der Waals surface area contributed by atoms with Gasteiger partial charge in [-0.2, -0.15) is 0 Å². The molecule has 2 fully saturated rings. The average Bonchev–Trinajstić information content (AvgIpc) is 2.90. The number of unbranched alkanes of at least 4 members (excludes halogenated alkanes) is 1. The Hall–Kier alpha value is -1.11. The number of aromatic amines is 1. The summed E-state index contributed by atoms with van der Waals surface area (Å²) >= 11 is 6.31. The summed E-state index contributed by atoms with van der Waals surface area (Å²) < 4.78 is 0. The Kier molecular flexibility index (Phi) is 6.02. The van der Waals surface area contributed by atoms with E-state index < -0.39 is 0 Å². The smallest absolute Gasteiger partial charge is 0.240 e. The molecule has 7 heteroatoms. The molecule has 2 saturated heterocycles. The van der Waals surface area contributed by atoms with Crippen molar-refractivity contribution in [2.24, 2.45) is 0 Å². The van der Waals surface area contributed by atoms with E-state index in [0.717, 1.165) is 82.8 Å². The molecule has 0 saturated carbocycles. The maximum atomic E-state index is 12.6. The number of likely N-dealkylation sites (tertiary alicyclic amines) is 1. The number of amides is 1. The number of nitrogens with zero attached hydrogens (tertiary/aromatic N) is 3. The van der Waals surface area contributed by atoms with Gasteiger partial charge >= 0.3 is 0 Å². The number of piperidine rings is 1. The van der Waals surface area contributed by atoms with E-state index in [4.69, 9.17) is 11.6 Å². The molecule has 0 bridgehead atoms. The van der Waals surface area contributed by atoms with E-state index in [1.165, 1.54) is 0 Å². The van der Waals surface area contributed by atoms with Gasteiger partial charge in [-0.25, -0.2) is 4.98 Å². The third-order valence-electron chi connectivity index (χ3n) is 5.72. The van der Waals surface area contributed by atoms with Gasteiger partial charge in [-0.05, 0) is 32.7 Å². The highest BCUT2D eigenvalue weighted by atomic mass is 35.5. The number of carbonyl (C=O) groups excluding carboxylic acids is 1. The van der Waals surface area contributed by atoms with Crippen LogP contribution in [-0.2, 0) is 17.8 Å². The number of rotatable bonds is 5. The first-order valence-corrected chi connectivity index (χ1v) is 9.88. The number of imidazole rings is 1. The fourth-order valence-electron chi connectivity index (χ4n) is 3.99. The lowest BCUT2D eigenvalue weighted by atomic mass is 9.85. The third-order valence-corrected chi connectivity index (χ3v) is 6.03. The van der Waals surface area contributed by atoms with Crippen LogP contribution in [0.25, 0.3) is 0 Å². The van der Waals surface area contributed by atoms with Crippen molar-refractivity contribution in [1.29, 1.82) is 0 Å². The van der Waals surface area contributed by atoms with Gasteiger partial charge in [-0.15, -0.1) is 0 Å². The number of aromatic nitrogens is 2. The number of halogens is 1. The van der Waals surface area contributed by atoms with Crippen LogP contribution in [0.3, 0.4) is 0 Å². The molecule has 1 spiro atoms. The maximum absolute atomic E-state index is 12.6. The van der Waals surface area contributed by atoms with Gasteiger partial charge in [0.25, 0.3) is 0 Å². The molecule has 2 aliphatic heterocycles. The zero-order chi connectivity index (χ0) is 17.9. The number of hydrogen-bond acceptors (Lipinski definition) is 4. The summed E-state index contributed by atoms with van der Waals surface area (Å²) in [5.41, 5.74) is 0.666. The second kappa shape index (κ2) is 8.06. The highest BCUT2D eigenvalue weighted by molar-refractivity contribution is 6.30. The molecule has 0 unspecified atom stereocenters. The number of carbonyl (C=O) groups is 1. The first-order valence-electron chi connectivity index (χ1n) is 9.50. The minimum atomic E-state index is -0.336. The van der Waals surface area contributed by atoms with Gasteiger partial charge in [-0.1, -0.05) is 24.9 Å². The molecule has 1 aromatic heterocycles. The topological polar surface area (TPSA) is 64.3 Å². The standard InChI is InChI=1S/C18H30ClN5O/c1-3-4-6-15-21-14(16(19)22-15)13-24-11-7-18(8-12-24)17(25)20-9-5-10-23(18)2/h3-13H2,1-2H3,(H,20,25)(H,21,22). The number of aryl methyl sites for hydroxylation is 1. The number of likely N-dealkylation sites (N-methyl/N-ethyl adjacent to an activating group) is 1. The van der Waals surface area contributed by atoms with Crippen molar-refractivity contribution in [3.05, 3.63) is 16.7 Å². The molecule has 0 aliphatic carbocycles. The van der Waals surface area contributed by atoms with Crippen LogP contribution in [0.15, 0.2) is 0 Å². The Bertz CT molecular complexity index is 594. The summed E-state index contributed by atoms with van der Waals surface area (Å²) in [5.74, 6) is 1.19. The van der Waals surface area contributed by atoms with Crippen LogP contribution in [-0.4, -0.2) is 64.4 Å². The lowest BCUT2D eigenvalue weighted by molar-refractivity contribution is -0.134. The highest BCUT2D eigenvalue weighted by Gasteiger charge is 2.45. The van der Waals surface area contributed by atoms with Crippen molar-refractivity contribution < 1.29 is 4.79 Å². The molecule has 0 radical (unpaired) electrons. The second-order valence-electron chi connectivity index (χ2n) is 7.40. The number of hydrogen-bond donors (Lipinski definition) is 2. The Balaban J connectivity index is 1.61. The van der Waals surface area contributed by atoms with E-state index in [1.54, 1.807) is 0 Å². The molecule has 2 aliphatic rings. The summed E-state index contributed by atoms with van der Waals surface area (Å²) in [6, 6.07) is 0. The van der Waals surface area contributed by atoms with Crippen molar-refractivity contribution in [3.8, 4) is 0 Å². The molecular weight excluding hydrogens is 338 g/mol. The predicted molar refractivity (Wildman–Crippen MR) is 99.7 cm³/mol. The molecule has 1 aromatic rings. The van der Waals surface area contributed by atoms with Gasteiger partial charge in [0.1, 0.15) is 11.4 Å². The van der Waals surface area contributed by atoms with Gasteiger partial charge in [0.2, 0.25) is 5.91 Å². The van der Waals surface area contributed by atoms with E-state index in [0.29, 0.717) is 5.15 Å². The predicted octanol–water partition coefficient (Wildman–Crippen LogP) is 2.19. The Morgan fingerprint density at radius 3 is 2.76 bits per heavy atom. The van der Waals surface area contributed by atoms with Crippen molar-refractivity contribution in [2.45, 2.75) is 57.5 Å². The monoisotopic (exact) mass is 367 g/mol. The van der Waals surface area contributed by atoms with Crippen molar-refractivity contribution >= 4 is 17.5 Å². The molecule has 3 heterocycles. The van der Waals surface area contributed by atoms with E-state index in [-0.39, 0.29) is 11.4 Å². The van der Waals surface area contributed by atoms with Crippen LogP contribution < -0.4 is 5.32 Å². The normalized spacial score (nSPS) is 22.1. The largest absolute Gasteiger partial charge is 0.354 e. The minimum Gasteiger partial charge on any atom is -0.354 e. The summed E-state index contributed by atoms with van der Waals surface area (Å²) in [6.45, 7) is 6.52. The van der Waals surface area contributed by atoms with Crippen molar-refractivity contribution in [1.82, 2.24) is 25.1 Å². The molecule has 140 valence electrons. The zero-order valence-electron chi connectivity index (χ0n) is 15.4. The Morgan fingerprint density at radius 2 is 2.04 bits per heavy atom. The lowest BCUT2D eigenvalue weighted by Gasteiger charge is -2.44. The Morgan fingerprint density at radius 1 is 1.28 bits per heavy atom. The van der Waals surface area contributed by atoms with Gasteiger partial charge in [-0.3, -0.25) is 14.6 Å². The van der Waals surface area contributed by atoms with Gasteiger partial charge in [0.15, 0.2) is 5.15 Å². The fourth-order valence-corrected chi connectivity index (χ4v) is 4.20. The summed E-state index contributed by atoms with van der Waals surface area (Å²) in [4.78, 5) is 25.1. The molecule has 2 N–H and O–H groups in total. The third kappa shape index (κ3) is 4.01. The van der Waals surface area contributed by atoms with Crippen LogP contribution in [0.4, 0.5) is 0 Å². The molecule has 6 nitrogen and oxygen atoms in total. The molecule has 3 rings (SSSR count). The van der Waals surface area contributed by atoms with Crippen LogP contribution in [0.2, 0.25) is 5.15 Å². The van der Waals surface area contributed by atoms with E-state index in [9.17, 15) is 4.79 Å². The van der Waals surface area contributed by atoms with E-state index >= 15 is 0 Å². The first kappa shape index (κ1) is 18.7. The van der Waals surface area contributed by atoms with Crippen molar-refractivity contribution in [2.75, 3.05) is 33.2 Å². The zero-order valence-corrected chi connectivity index (χ0v) is 16.2. The molecule has 0 aromatic carbocycles. The van der Waals surface area contributed by atoms with Crippen molar-refractivity contribution in [3.63, 3.8) is 0 Å². The van der Waals surface area contributed by atoms with E-state index in [1.807, 2.05) is 0 Å². The van der Waals surface area contributed by atoms with Crippen LogP contribution in [0.1, 0.15) is 50.5 Å². The summed E-state index contributed by atoms with van der Waals surface area (Å²) in [5, 5.41) is 3.69. The van der Waals surface area contributed by atoms with Gasteiger partial charge in [0.05, 0.1) is 5.69 Å². The first-order chi connectivity index (χ1) is 12.0. The molecule has 0 atom stereocenters. The Labute approximate surface area is 155 Å². The molecule has 1 amide bonds. The fraction of sp³-hybridized carbons (Fsp3) is 0.778. The van der Waals surface area contributed by atoms with Gasteiger partial charge in [0, 0.05) is 39.1 Å². The second-order valence-corrected chi connectivity index (χ2v) is 7.75. The quantitative estimate of drug-likeness (QED) is 0.837. The molecular formula is C18H30ClN5O. The summed E-state index contributed by atoms with van der Waals surface area (Å²) in [6.07, 6.45) is 5.98. The van der Waals surface area contributed by atoms with Crippen LogP contribution in [0.5, 0.6) is 0 Å². The lowest BCUT2D eigenvalue weighted by Crippen LogP contribution is -2.60.